The molecule has 58 valence electrons. The summed E-state index contributed by atoms with van der Waals surface area (Å²) in [6.07, 6.45) is 4.96. The molecule has 2 rings (SSSR count). The summed E-state index contributed by atoms with van der Waals surface area (Å²) in [6.45, 7) is 4.00. The first kappa shape index (κ1) is 7.65. The smallest absolute Gasteiger partial charge is 0.163 e. The van der Waals surface area contributed by atoms with Gasteiger partial charge >= 0.3 is 0 Å². The molecule has 11 heavy (non-hydrogen) atoms. The van der Waals surface area contributed by atoms with Gasteiger partial charge in [-0.25, -0.2) is 4.98 Å². The third-order valence-electron chi connectivity index (χ3n) is 1.10. The maximum absolute atomic E-state index is 3.87. The lowest BCUT2D eigenvalue weighted by Gasteiger charge is -1.83. The fourth-order valence-electron chi connectivity index (χ4n) is 0.680. The SMILES string of the molecule is CC.c1cc2nncn2cn1. The zero-order valence-electron chi connectivity index (χ0n) is 6.60. The van der Waals surface area contributed by atoms with E-state index in [-0.39, 0.29) is 0 Å². The van der Waals surface area contributed by atoms with Gasteiger partial charge in [0.05, 0.1) is 0 Å². The summed E-state index contributed by atoms with van der Waals surface area (Å²) < 4.78 is 1.75. The molecular formula is C7H10N4. The average Bonchev–Trinajstić information content (AvgIpc) is 2.55. The molecular weight excluding hydrogens is 140 g/mol. The summed E-state index contributed by atoms with van der Waals surface area (Å²) in [5.74, 6) is 0. The topological polar surface area (TPSA) is 43.1 Å². The second kappa shape index (κ2) is 3.65. The minimum atomic E-state index is 0.824. The zero-order valence-corrected chi connectivity index (χ0v) is 6.60. The van der Waals surface area contributed by atoms with Crippen molar-refractivity contribution in [1.82, 2.24) is 19.6 Å². The van der Waals surface area contributed by atoms with Crippen molar-refractivity contribution >= 4 is 5.65 Å². The van der Waals surface area contributed by atoms with Crippen LogP contribution in [0.5, 0.6) is 0 Å². The van der Waals surface area contributed by atoms with Crippen molar-refractivity contribution in [3.63, 3.8) is 0 Å². The van der Waals surface area contributed by atoms with Crippen molar-refractivity contribution in [2.45, 2.75) is 13.8 Å². The van der Waals surface area contributed by atoms with Crippen LogP contribution in [0.4, 0.5) is 0 Å². The van der Waals surface area contributed by atoms with Crippen LogP contribution in [-0.4, -0.2) is 19.6 Å². The second-order valence-corrected chi connectivity index (χ2v) is 1.68. The third kappa shape index (κ3) is 1.52. The molecule has 2 aromatic heterocycles. The van der Waals surface area contributed by atoms with Gasteiger partial charge in [-0.1, -0.05) is 13.8 Å². The lowest BCUT2D eigenvalue weighted by molar-refractivity contribution is 1.07. The minimum absolute atomic E-state index is 0.824. The summed E-state index contributed by atoms with van der Waals surface area (Å²) in [6, 6.07) is 1.80. The molecule has 0 bridgehead atoms. The van der Waals surface area contributed by atoms with Gasteiger partial charge < -0.3 is 0 Å². The second-order valence-electron chi connectivity index (χ2n) is 1.68. The van der Waals surface area contributed by atoms with Crippen molar-refractivity contribution in [3.05, 3.63) is 24.9 Å². The Hall–Kier alpha value is -1.45. The van der Waals surface area contributed by atoms with Crippen LogP contribution in [0.1, 0.15) is 13.8 Å². The monoisotopic (exact) mass is 150 g/mol. The molecule has 0 aliphatic carbocycles. The van der Waals surface area contributed by atoms with Crippen molar-refractivity contribution in [1.29, 1.82) is 0 Å². The summed E-state index contributed by atoms with van der Waals surface area (Å²) in [7, 11) is 0. The van der Waals surface area contributed by atoms with Crippen LogP contribution in [0.3, 0.4) is 0 Å². The quantitative estimate of drug-likeness (QED) is 0.565. The molecule has 0 amide bonds. The number of nitrogens with zero attached hydrogens (tertiary/aromatic N) is 4. The average molecular weight is 150 g/mol. The van der Waals surface area contributed by atoms with E-state index in [2.05, 4.69) is 15.2 Å². The number of aromatic nitrogens is 4. The molecule has 0 saturated carbocycles. The first-order chi connectivity index (χ1) is 5.47. The molecule has 0 spiro atoms. The van der Waals surface area contributed by atoms with Crippen molar-refractivity contribution < 1.29 is 0 Å². The van der Waals surface area contributed by atoms with Crippen LogP contribution in [0.2, 0.25) is 0 Å². The Bertz CT molecular complexity index is 284. The number of fused-ring (bicyclic) bond motifs is 1. The van der Waals surface area contributed by atoms with Gasteiger partial charge in [0.15, 0.2) is 5.65 Å². The van der Waals surface area contributed by atoms with Gasteiger partial charge in [-0.3, -0.25) is 4.40 Å². The molecule has 0 aliphatic heterocycles. The highest BCUT2D eigenvalue weighted by Gasteiger charge is 1.88. The number of hydrogen-bond acceptors (Lipinski definition) is 3. The van der Waals surface area contributed by atoms with Crippen LogP contribution in [0, 0.1) is 0 Å². The van der Waals surface area contributed by atoms with E-state index in [0.29, 0.717) is 0 Å². The first-order valence-electron chi connectivity index (χ1n) is 3.56. The summed E-state index contributed by atoms with van der Waals surface area (Å²) in [5, 5.41) is 7.47. The lowest BCUT2D eigenvalue weighted by Crippen LogP contribution is -1.81. The minimum Gasteiger partial charge on any atom is -0.272 e. The molecule has 0 saturated heterocycles. The maximum Gasteiger partial charge on any atom is 0.163 e. The Morgan fingerprint density at radius 3 is 2.82 bits per heavy atom. The molecule has 0 N–H and O–H groups in total. The Morgan fingerprint density at radius 2 is 2.09 bits per heavy atom. The van der Waals surface area contributed by atoms with E-state index in [1.807, 2.05) is 13.8 Å². The van der Waals surface area contributed by atoms with Crippen molar-refractivity contribution in [2.75, 3.05) is 0 Å². The molecule has 0 unspecified atom stereocenters. The predicted molar refractivity (Wildman–Crippen MR) is 42.1 cm³/mol. The van der Waals surface area contributed by atoms with Gasteiger partial charge in [0.2, 0.25) is 0 Å². The zero-order chi connectivity index (χ0) is 8.10. The first-order valence-corrected chi connectivity index (χ1v) is 3.56. The molecule has 4 heteroatoms. The normalized spacial score (nSPS) is 8.91. The summed E-state index contributed by atoms with van der Waals surface area (Å²) >= 11 is 0. The van der Waals surface area contributed by atoms with Gasteiger partial charge in [-0.2, -0.15) is 0 Å². The van der Waals surface area contributed by atoms with E-state index in [1.54, 1.807) is 29.3 Å². The molecule has 0 radical (unpaired) electrons. The standard InChI is InChI=1S/C5H4N4.C2H6/c1-2-6-3-9-4-7-8-5(1)9;1-2/h1-4H;1-2H3. The lowest BCUT2D eigenvalue weighted by atomic mass is 10.6. The van der Waals surface area contributed by atoms with Crippen molar-refractivity contribution in [2.24, 2.45) is 0 Å². The number of hydrogen-bond donors (Lipinski definition) is 0. The molecule has 0 aliphatic rings. The molecule has 0 atom stereocenters. The van der Waals surface area contributed by atoms with Gasteiger partial charge in [-0.05, 0) is 0 Å². The van der Waals surface area contributed by atoms with Crippen LogP contribution in [0.25, 0.3) is 5.65 Å². The molecule has 4 nitrogen and oxygen atoms in total. The van der Waals surface area contributed by atoms with E-state index in [9.17, 15) is 0 Å². The fraction of sp³-hybridized carbons (Fsp3) is 0.286. The Kier molecular flexibility index (Phi) is 2.54. The summed E-state index contributed by atoms with van der Waals surface area (Å²) in [5.41, 5.74) is 0.824. The molecule has 2 heterocycles. The van der Waals surface area contributed by atoms with E-state index in [4.69, 9.17) is 0 Å². The van der Waals surface area contributed by atoms with Gasteiger partial charge in [0, 0.05) is 12.3 Å². The van der Waals surface area contributed by atoms with Crippen LogP contribution >= 0.6 is 0 Å². The largest absolute Gasteiger partial charge is 0.272 e. The highest BCUT2D eigenvalue weighted by molar-refractivity contribution is 5.32. The Balaban J connectivity index is 0.000000281. The van der Waals surface area contributed by atoms with Gasteiger partial charge in [0.25, 0.3) is 0 Å². The highest BCUT2D eigenvalue weighted by Crippen LogP contribution is 1.91. The Labute approximate surface area is 64.9 Å². The van der Waals surface area contributed by atoms with Crippen LogP contribution in [-0.2, 0) is 0 Å². The van der Waals surface area contributed by atoms with Crippen LogP contribution in [0.15, 0.2) is 24.9 Å². The fourth-order valence-corrected chi connectivity index (χ4v) is 0.680. The molecule has 0 fully saturated rings. The van der Waals surface area contributed by atoms with Gasteiger partial charge in [-0.15, -0.1) is 10.2 Å². The van der Waals surface area contributed by atoms with E-state index in [1.165, 1.54) is 0 Å². The van der Waals surface area contributed by atoms with E-state index >= 15 is 0 Å². The van der Waals surface area contributed by atoms with E-state index < -0.39 is 0 Å². The van der Waals surface area contributed by atoms with Crippen LogP contribution < -0.4 is 0 Å². The maximum atomic E-state index is 3.87. The summed E-state index contributed by atoms with van der Waals surface area (Å²) in [4.78, 5) is 3.87. The highest BCUT2D eigenvalue weighted by atomic mass is 15.2. The molecule has 2 aromatic rings. The third-order valence-corrected chi connectivity index (χ3v) is 1.10. The number of rotatable bonds is 0. The van der Waals surface area contributed by atoms with Crippen molar-refractivity contribution in [3.8, 4) is 0 Å². The predicted octanol–water partition coefficient (Wildman–Crippen LogP) is 1.15. The van der Waals surface area contributed by atoms with E-state index in [0.717, 1.165) is 5.65 Å². The Morgan fingerprint density at radius 1 is 1.27 bits per heavy atom. The van der Waals surface area contributed by atoms with Gasteiger partial charge in [0.1, 0.15) is 12.7 Å². The molecule has 0 aromatic carbocycles.